The van der Waals surface area contributed by atoms with Gasteiger partial charge in [-0.15, -0.1) is 0 Å². The first-order valence-corrected chi connectivity index (χ1v) is 13.0. The van der Waals surface area contributed by atoms with Crippen LogP contribution >= 0.6 is 0 Å². The van der Waals surface area contributed by atoms with Crippen molar-refractivity contribution >= 4 is 0 Å². The van der Waals surface area contributed by atoms with E-state index in [9.17, 15) is 0 Å². The molecule has 2 aromatic carbocycles. The largest absolute Gasteiger partial charge is 0.490 e. The Balaban J connectivity index is 1.65. The highest BCUT2D eigenvalue weighted by Gasteiger charge is 2.19. The molecule has 4 heteroatoms. The molecular weight excluding hydrogens is 420 g/mol. The van der Waals surface area contributed by atoms with Crippen molar-refractivity contribution in [3.63, 3.8) is 0 Å². The Hall–Kier alpha value is -2.46. The molecule has 0 bridgehead atoms. The summed E-state index contributed by atoms with van der Waals surface area (Å²) in [7, 11) is 0. The summed E-state index contributed by atoms with van der Waals surface area (Å²) < 4.78 is 11.9. The zero-order valence-electron chi connectivity index (χ0n) is 22.0. The average Bonchev–Trinajstić information content (AvgIpc) is 3.05. The van der Waals surface area contributed by atoms with Crippen molar-refractivity contribution in [1.82, 2.24) is 10.2 Å². The highest BCUT2D eigenvalue weighted by atomic mass is 16.5. The van der Waals surface area contributed by atoms with E-state index in [0.29, 0.717) is 18.4 Å². The summed E-state index contributed by atoms with van der Waals surface area (Å²) in [6.45, 7) is 20.8. The quantitative estimate of drug-likeness (QED) is 0.388. The predicted molar refractivity (Wildman–Crippen MR) is 142 cm³/mol. The first kappa shape index (κ1) is 26.2. The molecule has 2 aromatic rings. The standard InChI is InChI=1S/C30H44N2O2/c1-7-11-27-12-8-9-13-28(27)19-31-18-24(5)25(6)32(20-22(2)3)21-26-16-23(4)30-29(17-26)33-14-10-15-34-30/h8-9,12-13,16-17,22,24,31H,6-7,10-11,14-15,18-21H2,1-5H3/t24-/m1/s1. The normalized spacial score (nSPS) is 14.1. The van der Waals surface area contributed by atoms with E-state index in [0.717, 1.165) is 62.7 Å². The lowest BCUT2D eigenvalue weighted by Gasteiger charge is -2.32. The van der Waals surface area contributed by atoms with E-state index >= 15 is 0 Å². The van der Waals surface area contributed by atoms with Crippen LogP contribution in [0.4, 0.5) is 0 Å². The SMILES string of the molecule is C=C([C@H](C)CNCc1ccccc1CCC)N(Cc1cc(C)c2c(c1)OCCCO2)CC(C)C. The van der Waals surface area contributed by atoms with Crippen molar-refractivity contribution in [2.45, 2.75) is 67.0 Å². The Morgan fingerprint density at radius 2 is 1.82 bits per heavy atom. The summed E-state index contributed by atoms with van der Waals surface area (Å²) in [5.41, 5.74) is 6.44. The second kappa shape index (κ2) is 12.9. The van der Waals surface area contributed by atoms with Crippen LogP contribution in [0.3, 0.4) is 0 Å². The number of hydrogen-bond acceptors (Lipinski definition) is 4. The molecule has 0 radical (unpaired) electrons. The number of ether oxygens (including phenoxy) is 2. The van der Waals surface area contributed by atoms with Gasteiger partial charge >= 0.3 is 0 Å². The number of aryl methyl sites for hydroxylation is 2. The van der Waals surface area contributed by atoms with Crippen LogP contribution in [0.1, 0.15) is 62.8 Å². The minimum atomic E-state index is 0.346. The third-order valence-electron chi connectivity index (χ3n) is 6.43. The fraction of sp³-hybridized carbons (Fsp3) is 0.533. The van der Waals surface area contributed by atoms with E-state index in [2.05, 4.69) is 87.8 Å². The van der Waals surface area contributed by atoms with Crippen molar-refractivity contribution in [3.05, 3.63) is 70.9 Å². The molecule has 0 fully saturated rings. The van der Waals surface area contributed by atoms with E-state index in [1.807, 2.05) is 0 Å². The first-order chi connectivity index (χ1) is 16.4. The van der Waals surface area contributed by atoms with E-state index in [-0.39, 0.29) is 0 Å². The second-order valence-corrected chi connectivity index (χ2v) is 10.1. The minimum Gasteiger partial charge on any atom is -0.490 e. The third kappa shape index (κ3) is 7.27. The fourth-order valence-electron chi connectivity index (χ4n) is 4.65. The maximum absolute atomic E-state index is 5.99. The van der Waals surface area contributed by atoms with Gasteiger partial charge in [-0.2, -0.15) is 0 Å². The van der Waals surface area contributed by atoms with Gasteiger partial charge in [-0.05, 0) is 47.6 Å². The van der Waals surface area contributed by atoms with Crippen molar-refractivity contribution in [1.29, 1.82) is 0 Å². The van der Waals surface area contributed by atoms with Gasteiger partial charge in [0, 0.05) is 44.2 Å². The van der Waals surface area contributed by atoms with Crippen molar-refractivity contribution in [3.8, 4) is 11.5 Å². The molecule has 1 atom stereocenters. The Morgan fingerprint density at radius 1 is 1.09 bits per heavy atom. The molecule has 1 N–H and O–H groups in total. The van der Waals surface area contributed by atoms with Gasteiger partial charge in [0.2, 0.25) is 0 Å². The van der Waals surface area contributed by atoms with Crippen LogP contribution in [-0.2, 0) is 19.5 Å². The maximum Gasteiger partial charge on any atom is 0.164 e. The predicted octanol–water partition coefficient (Wildman–Crippen LogP) is 6.51. The molecule has 0 saturated carbocycles. The topological polar surface area (TPSA) is 33.7 Å². The monoisotopic (exact) mass is 464 g/mol. The molecular formula is C30H44N2O2. The fourth-order valence-corrected chi connectivity index (χ4v) is 4.65. The summed E-state index contributed by atoms with van der Waals surface area (Å²) in [4.78, 5) is 2.45. The number of benzene rings is 2. The summed E-state index contributed by atoms with van der Waals surface area (Å²) in [5.74, 6) is 2.68. The molecule has 0 saturated heterocycles. The highest BCUT2D eigenvalue weighted by Crippen LogP contribution is 2.35. The summed E-state index contributed by atoms with van der Waals surface area (Å²) in [5, 5.41) is 3.69. The lowest BCUT2D eigenvalue weighted by atomic mass is 10.0. The third-order valence-corrected chi connectivity index (χ3v) is 6.43. The highest BCUT2D eigenvalue weighted by molar-refractivity contribution is 5.49. The van der Waals surface area contributed by atoms with Crippen molar-refractivity contribution in [2.75, 3.05) is 26.3 Å². The molecule has 0 amide bonds. The van der Waals surface area contributed by atoms with Gasteiger partial charge in [-0.1, -0.05) is 71.0 Å². The Morgan fingerprint density at radius 3 is 2.56 bits per heavy atom. The molecule has 34 heavy (non-hydrogen) atoms. The lowest BCUT2D eigenvalue weighted by molar-refractivity contribution is 0.266. The minimum absolute atomic E-state index is 0.346. The van der Waals surface area contributed by atoms with E-state index in [1.165, 1.54) is 28.8 Å². The van der Waals surface area contributed by atoms with Crippen LogP contribution in [0.25, 0.3) is 0 Å². The van der Waals surface area contributed by atoms with Gasteiger partial charge in [0.05, 0.1) is 13.2 Å². The summed E-state index contributed by atoms with van der Waals surface area (Å²) in [6.07, 6.45) is 3.23. The van der Waals surface area contributed by atoms with E-state index in [1.54, 1.807) is 0 Å². The Labute approximate surface area is 207 Å². The van der Waals surface area contributed by atoms with Crippen molar-refractivity contribution < 1.29 is 9.47 Å². The molecule has 1 heterocycles. The van der Waals surface area contributed by atoms with Crippen LogP contribution < -0.4 is 14.8 Å². The molecule has 1 aliphatic heterocycles. The van der Waals surface area contributed by atoms with Gasteiger partial charge in [0.25, 0.3) is 0 Å². The molecule has 186 valence electrons. The lowest BCUT2D eigenvalue weighted by Crippen LogP contribution is -2.33. The number of hydrogen-bond donors (Lipinski definition) is 1. The van der Waals surface area contributed by atoms with Gasteiger partial charge in [-0.3, -0.25) is 0 Å². The van der Waals surface area contributed by atoms with Crippen LogP contribution in [-0.4, -0.2) is 31.2 Å². The zero-order valence-corrected chi connectivity index (χ0v) is 22.0. The zero-order chi connectivity index (χ0) is 24.5. The maximum atomic E-state index is 5.99. The first-order valence-electron chi connectivity index (χ1n) is 13.0. The summed E-state index contributed by atoms with van der Waals surface area (Å²) >= 11 is 0. The molecule has 0 spiro atoms. The second-order valence-electron chi connectivity index (χ2n) is 10.1. The molecule has 0 aromatic heterocycles. The molecule has 0 aliphatic carbocycles. The molecule has 1 aliphatic rings. The van der Waals surface area contributed by atoms with Gasteiger partial charge in [0.15, 0.2) is 11.5 Å². The number of rotatable bonds is 12. The van der Waals surface area contributed by atoms with Crippen LogP contribution in [0.5, 0.6) is 11.5 Å². The molecule has 3 rings (SSSR count). The van der Waals surface area contributed by atoms with Gasteiger partial charge < -0.3 is 19.7 Å². The molecule has 4 nitrogen and oxygen atoms in total. The molecule has 0 unspecified atom stereocenters. The van der Waals surface area contributed by atoms with Crippen molar-refractivity contribution in [2.24, 2.45) is 11.8 Å². The van der Waals surface area contributed by atoms with Gasteiger partial charge in [-0.25, -0.2) is 0 Å². The number of nitrogens with zero attached hydrogens (tertiary/aromatic N) is 1. The Bertz CT molecular complexity index is 937. The van der Waals surface area contributed by atoms with Crippen LogP contribution in [0.15, 0.2) is 48.7 Å². The van der Waals surface area contributed by atoms with Gasteiger partial charge in [0.1, 0.15) is 0 Å². The smallest absolute Gasteiger partial charge is 0.164 e. The Kier molecular flexibility index (Phi) is 9.88. The average molecular weight is 465 g/mol. The van der Waals surface area contributed by atoms with Crippen LogP contribution in [0, 0.1) is 18.8 Å². The number of fused-ring (bicyclic) bond motifs is 1. The summed E-state index contributed by atoms with van der Waals surface area (Å²) in [6, 6.07) is 13.2. The number of nitrogens with one attached hydrogen (secondary N) is 1. The van der Waals surface area contributed by atoms with E-state index in [4.69, 9.17) is 9.47 Å². The van der Waals surface area contributed by atoms with E-state index < -0.39 is 0 Å². The van der Waals surface area contributed by atoms with Crippen LogP contribution in [0.2, 0.25) is 0 Å².